The van der Waals surface area contributed by atoms with Crippen molar-refractivity contribution in [2.45, 2.75) is 10.8 Å². The number of nitrogens with two attached hydrogens (primary N) is 2. The average molecular weight is 873 g/mol. The van der Waals surface area contributed by atoms with Gasteiger partial charge in [0.15, 0.2) is 0 Å². The molecule has 0 aromatic heterocycles. The number of para-hydroxylation sites is 4. The summed E-state index contributed by atoms with van der Waals surface area (Å²) >= 11 is 0. The maximum Gasteiger partial charge on any atom is 0.0742 e. The Morgan fingerprint density at radius 2 is 0.471 bits per heavy atom. The molecule has 0 atom stereocenters. The number of anilines is 6. The van der Waals surface area contributed by atoms with Crippen molar-refractivity contribution in [3.05, 3.63) is 323 Å². The van der Waals surface area contributed by atoms with E-state index < -0.39 is 10.8 Å². The Morgan fingerprint density at radius 1 is 0.250 bits per heavy atom. The second kappa shape index (κ2) is 16.5. The zero-order valence-electron chi connectivity index (χ0n) is 37.5. The van der Waals surface area contributed by atoms with Crippen molar-refractivity contribution in [3.8, 4) is 0 Å². The highest BCUT2D eigenvalue weighted by molar-refractivity contribution is 5.93. The van der Waals surface area contributed by atoms with E-state index in [0.29, 0.717) is 11.4 Å². The third-order valence-corrected chi connectivity index (χ3v) is 14.2. The summed E-state index contributed by atoms with van der Waals surface area (Å²) in [5.74, 6) is 0. The van der Waals surface area contributed by atoms with Gasteiger partial charge >= 0.3 is 0 Å². The van der Waals surface area contributed by atoms with Crippen LogP contribution in [0.1, 0.15) is 55.6 Å². The lowest BCUT2D eigenvalue weighted by Crippen LogP contribution is -2.37. The zero-order valence-corrected chi connectivity index (χ0v) is 37.5. The van der Waals surface area contributed by atoms with Crippen LogP contribution in [0.25, 0.3) is 11.4 Å². The monoisotopic (exact) mass is 872 g/mol. The molecule has 4 heteroatoms. The van der Waals surface area contributed by atoms with Crippen LogP contribution in [0, 0.1) is 0 Å². The van der Waals surface area contributed by atoms with Crippen LogP contribution < -0.4 is 21.3 Å². The van der Waals surface area contributed by atoms with Crippen LogP contribution >= 0.6 is 0 Å². The lowest BCUT2D eigenvalue weighted by atomic mass is 9.62. The average Bonchev–Trinajstić information content (AvgIpc) is 3.42. The molecule has 0 unspecified atom stereocenters. The molecule has 0 radical (unpaired) electrons. The van der Waals surface area contributed by atoms with Gasteiger partial charge in [0.05, 0.1) is 45.0 Å². The van der Waals surface area contributed by atoms with E-state index in [0.717, 1.165) is 45.3 Å². The van der Waals surface area contributed by atoms with Gasteiger partial charge in [-0.3, -0.25) is 0 Å². The van der Waals surface area contributed by atoms with Gasteiger partial charge in [0.25, 0.3) is 0 Å². The molecule has 0 amide bonds. The van der Waals surface area contributed by atoms with Crippen molar-refractivity contribution in [3.63, 3.8) is 0 Å². The van der Waals surface area contributed by atoms with Crippen molar-refractivity contribution < 1.29 is 0 Å². The molecule has 10 aromatic rings. The number of benzene rings is 10. The lowest BCUT2D eigenvalue weighted by molar-refractivity contribution is 0.731. The highest BCUT2D eigenvalue weighted by atomic mass is 15.2. The summed E-state index contributed by atoms with van der Waals surface area (Å²) in [6.45, 7) is 0. The molecule has 2 heterocycles. The normalized spacial score (nSPS) is 14.4. The largest absolute Gasteiger partial charge is 0.397 e. The molecular weight excluding hydrogens is 825 g/mol. The predicted molar refractivity (Wildman–Crippen MR) is 281 cm³/mol. The zero-order chi connectivity index (χ0) is 45.7. The Morgan fingerprint density at radius 3 is 0.721 bits per heavy atom. The van der Waals surface area contributed by atoms with Gasteiger partial charge in [0, 0.05) is 11.4 Å². The maximum absolute atomic E-state index is 6.99. The summed E-state index contributed by atoms with van der Waals surface area (Å²) in [7, 11) is 0. The Balaban J connectivity index is 0.905. The summed E-state index contributed by atoms with van der Waals surface area (Å²) in [6, 6.07) is 95.7. The first-order valence-electron chi connectivity index (χ1n) is 23.3. The fourth-order valence-corrected chi connectivity index (χ4v) is 11.3. The van der Waals surface area contributed by atoms with Gasteiger partial charge in [0.1, 0.15) is 0 Å². The van der Waals surface area contributed by atoms with Gasteiger partial charge in [-0.1, -0.05) is 218 Å². The van der Waals surface area contributed by atoms with Crippen molar-refractivity contribution in [1.82, 2.24) is 0 Å². The number of fused-ring (bicyclic) bond motifs is 4. The maximum atomic E-state index is 6.99. The van der Waals surface area contributed by atoms with Gasteiger partial charge in [-0.05, 0) is 104 Å². The summed E-state index contributed by atoms with van der Waals surface area (Å²) in [5, 5.41) is 0. The SMILES string of the molecule is N/C(=C(\N)c1ccc(N2c3ccccc3C(c3ccccc3)(c3ccccc3)c3ccccc32)cc1)c1ccc(N2c3ccccc3C(c3ccccc3)(c3ccccc3)c3ccccc32)cc1. The van der Waals surface area contributed by atoms with Crippen molar-refractivity contribution in [1.29, 1.82) is 0 Å². The van der Waals surface area contributed by atoms with Crippen LogP contribution in [0.5, 0.6) is 0 Å². The Bertz CT molecular complexity index is 3050. The highest BCUT2D eigenvalue weighted by Gasteiger charge is 2.47. The van der Waals surface area contributed by atoms with Gasteiger partial charge in [0.2, 0.25) is 0 Å². The van der Waals surface area contributed by atoms with Gasteiger partial charge in [-0.2, -0.15) is 0 Å². The number of rotatable bonds is 8. The van der Waals surface area contributed by atoms with E-state index in [9.17, 15) is 0 Å². The summed E-state index contributed by atoms with van der Waals surface area (Å²) in [5.41, 5.74) is 32.0. The molecule has 12 rings (SSSR count). The first-order valence-corrected chi connectivity index (χ1v) is 23.3. The van der Waals surface area contributed by atoms with Gasteiger partial charge < -0.3 is 21.3 Å². The third kappa shape index (κ3) is 6.15. The highest BCUT2D eigenvalue weighted by Crippen LogP contribution is 2.59. The van der Waals surface area contributed by atoms with E-state index in [4.69, 9.17) is 11.5 Å². The van der Waals surface area contributed by atoms with Crippen LogP contribution in [-0.2, 0) is 10.8 Å². The summed E-state index contributed by atoms with van der Waals surface area (Å²) < 4.78 is 0. The molecule has 68 heavy (non-hydrogen) atoms. The molecule has 0 spiro atoms. The second-order valence-electron chi connectivity index (χ2n) is 17.6. The Hall–Kier alpha value is -8.86. The molecule has 0 saturated heterocycles. The molecule has 0 bridgehead atoms. The summed E-state index contributed by atoms with van der Waals surface area (Å²) in [4.78, 5) is 4.75. The first kappa shape index (κ1) is 40.6. The molecule has 4 N–H and O–H groups in total. The van der Waals surface area contributed by atoms with E-state index in [2.05, 4.69) is 277 Å². The molecule has 2 aliphatic rings. The van der Waals surface area contributed by atoms with E-state index in [1.807, 2.05) is 0 Å². The number of nitrogens with zero attached hydrogens (tertiary/aromatic N) is 2. The van der Waals surface area contributed by atoms with Crippen molar-refractivity contribution >= 4 is 45.5 Å². The minimum atomic E-state index is -0.529. The number of hydrogen-bond donors (Lipinski definition) is 2. The molecule has 4 nitrogen and oxygen atoms in total. The van der Waals surface area contributed by atoms with Crippen molar-refractivity contribution in [2.24, 2.45) is 11.5 Å². The standard InChI is InChI=1S/C64H48N4/c65-61(45-37-41-51(42-38-45)67-57-33-17-13-29-53(57)63(47-21-5-1-6-22-47,48-23-7-2-8-24-48)54-30-14-18-34-58(54)67)62(66)46-39-43-52(44-40-46)68-59-35-19-15-31-55(59)64(49-25-9-3-10-26-49,50-27-11-4-12-28-50)56-32-16-20-36-60(56)68/h1-44H,65-66H2/b62-61-. The topological polar surface area (TPSA) is 58.5 Å². The van der Waals surface area contributed by atoms with Crippen LogP contribution in [0.2, 0.25) is 0 Å². The minimum Gasteiger partial charge on any atom is -0.397 e. The molecule has 2 aliphatic heterocycles. The van der Waals surface area contributed by atoms with Crippen LogP contribution in [-0.4, -0.2) is 0 Å². The van der Waals surface area contributed by atoms with Gasteiger partial charge in [-0.25, -0.2) is 0 Å². The van der Waals surface area contributed by atoms with E-state index >= 15 is 0 Å². The quantitative estimate of drug-likeness (QED) is 0.149. The minimum absolute atomic E-state index is 0.528. The fraction of sp³-hybridized carbons (Fsp3) is 0.0312. The molecule has 0 fully saturated rings. The molecule has 10 aromatic carbocycles. The fourth-order valence-electron chi connectivity index (χ4n) is 11.3. The van der Waals surface area contributed by atoms with Gasteiger partial charge in [-0.15, -0.1) is 0 Å². The van der Waals surface area contributed by atoms with E-state index in [1.165, 1.54) is 44.5 Å². The Labute approximate surface area is 398 Å². The molecule has 0 saturated carbocycles. The van der Waals surface area contributed by atoms with E-state index in [-0.39, 0.29) is 0 Å². The van der Waals surface area contributed by atoms with Crippen LogP contribution in [0.3, 0.4) is 0 Å². The third-order valence-electron chi connectivity index (χ3n) is 14.2. The molecule has 0 aliphatic carbocycles. The van der Waals surface area contributed by atoms with E-state index in [1.54, 1.807) is 0 Å². The first-order chi connectivity index (χ1) is 33.6. The summed E-state index contributed by atoms with van der Waals surface area (Å²) in [6.07, 6.45) is 0. The van der Waals surface area contributed by atoms with Crippen LogP contribution in [0.4, 0.5) is 34.1 Å². The predicted octanol–water partition coefficient (Wildman–Crippen LogP) is 14.8. The van der Waals surface area contributed by atoms with Crippen LogP contribution in [0.15, 0.2) is 267 Å². The number of hydrogen-bond acceptors (Lipinski definition) is 4. The smallest absolute Gasteiger partial charge is 0.0742 e. The van der Waals surface area contributed by atoms with Crippen molar-refractivity contribution in [2.75, 3.05) is 9.80 Å². The Kier molecular flexibility index (Phi) is 9.88. The lowest BCUT2D eigenvalue weighted by Gasteiger charge is -2.46. The molecule has 324 valence electrons. The molecular formula is C64H48N4. The second-order valence-corrected chi connectivity index (χ2v) is 17.6.